The first-order valence-electron chi connectivity index (χ1n) is 26.8. The first-order chi connectivity index (χ1) is 39.0. The third-order valence-corrected chi connectivity index (χ3v) is 12.2. The van der Waals surface area contributed by atoms with E-state index in [9.17, 15) is 75.7 Å². The van der Waals surface area contributed by atoms with Crippen molar-refractivity contribution in [1.82, 2.24) is 16.0 Å². The van der Waals surface area contributed by atoms with E-state index in [0.29, 0.717) is 0 Å². The summed E-state index contributed by atoms with van der Waals surface area (Å²) in [5.41, 5.74) is -1.20. The average Bonchev–Trinajstić information content (AvgIpc) is 3.47. The average molecular weight is 1190 g/mol. The zero-order valence-electron chi connectivity index (χ0n) is 45.7. The quantitative estimate of drug-likeness (QED) is 0.0252. The van der Waals surface area contributed by atoms with Gasteiger partial charge in [0.05, 0.1) is 145 Å². The molecule has 33 heteroatoms. The highest BCUT2D eigenvalue weighted by molar-refractivity contribution is 5.77. The van der Waals surface area contributed by atoms with Crippen LogP contribution in [0.3, 0.4) is 0 Å². The molecule has 0 aliphatic carbocycles. The van der Waals surface area contributed by atoms with Crippen molar-refractivity contribution in [3.63, 3.8) is 0 Å². The third-order valence-electron chi connectivity index (χ3n) is 12.2. The molecule has 3 saturated heterocycles. The van der Waals surface area contributed by atoms with Gasteiger partial charge in [-0.1, -0.05) is 0 Å². The molecule has 3 aliphatic rings. The van der Waals surface area contributed by atoms with E-state index in [1.807, 2.05) is 0 Å². The Kier molecular flexibility index (Phi) is 37.8. The van der Waals surface area contributed by atoms with E-state index in [1.54, 1.807) is 6.92 Å². The smallest absolute Gasteiger partial charge is 0.246 e. The Labute approximate surface area is 468 Å². The Morgan fingerprint density at radius 3 is 0.963 bits per heavy atom. The molecule has 9 unspecified atom stereocenters. The summed E-state index contributed by atoms with van der Waals surface area (Å²) in [7, 11) is 0. The van der Waals surface area contributed by atoms with E-state index in [0.717, 1.165) is 0 Å². The van der Waals surface area contributed by atoms with E-state index >= 15 is 0 Å². The summed E-state index contributed by atoms with van der Waals surface area (Å²) in [6.07, 6.45) is -20.8. The molecule has 15 N–H and O–H groups in total. The molecule has 3 amide bonds. The van der Waals surface area contributed by atoms with E-state index in [-0.39, 0.29) is 170 Å². The minimum atomic E-state index is -1.56. The molecule has 3 heterocycles. The Morgan fingerprint density at radius 1 is 0.370 bits per heavy atom. The van der Waals surface area contributed by atoms with Crippen LogP contribution in [0.15, 0.2) is 0 Å². The van der Waals surface area contributed by atoms with Gasteiger partial charge in [0.2, 0.25) is 17.7 Å². The highest BCUT2D eigenvalue weighted by Gasteiger charge is 2.46. The van der Waals surface area contributed by atoms with Crippen LogP contribution < -0.4 is 16.0 Å². The number of hydrogen-bond donors (Lipinski definition) is 15. The molecule has 0 spiro atoms. The van der Waals surface area contributed by atoms with Crippen LogP contribution in [0.25, 0.3) is 0 Å². The second-order valence-electron chi connectivity index (χ2n) is 18.8. The molecule has 3 fully saturated rings. The van der Waals surface area contributed by atoms with Gasteiger partial charge in [-0.25, -0.2) is 0 Å². The number of ether oxygens (including phenoxy) is 15. The normalized spacial score (nSPS) is 29.5. The van der Waals surface area contributed by atoms with Crippen LogP contribution in [-0.2, 0) is 85.4 Å². The zero-order valence-corrected chi connectivity index (χ0v) is 45.7. The van der Waals surface area contributed by atoms with Crippen LogP contribution >= 0.6 is 0 Å². The van der Waals surface area contributed by atoms with E-state index in [2.05, 4.69) is 16.0 Å². The molecular formula is C48H89N3O30. The van der Waals surface area contributed by atoms with Crippen molar-refractivity contribution in [2.75, 3.05) is 172 Å². The molecule has 33 nitrogen and oxygen atoms in total. The predicted molar refractivity (Wildman–Crippen MR) is 268 cm³/mol. The first kappa shape index (κ1) is 72.6. The second kappa shape index (κ2) is 42.2. The lowest BCUT2D eigenvalue weighted by Gasteiger charge is -2.39. The molecule has 0 bridgehead atoms. The maximum atomic E-state index is 12.7. The van der Waals surface area contributed by atoms with E-state index < -0.39 is 130 Å². The number of amides is 3. The minimum absolute atomic E-state index is 0.0141. The molecular weight excluding hydrogens is 1100 g/mol. The highest BCUT2D eigenvalue weighted by Crippen LogP contribution is 2.24. The fraction of sp³-hybridized carbons (Fsp3) is 0.938. The molecule has 3 rings (SSSR count). The van der Waals surface area contributed by atoms with Crippen molar-refractivity contribution in [1.29, 1.82) is 0 Å². The summed E-state index contributed by atoms with van der Waals surface area (Å²) in [5, 5.41) is 125. The minimum Gasteiger partial charge on any atom is -0.394 e. The van der Waals surface area contributed by atoms with Gasteiger partial charge in [-0.3, -0.25) is 14.4 Å². The summed E-state index contributed by atoms with van der Waals surface area (Å²) in [4.78, 5) is 37.7. The van der Waals surface area contributed by atoms with Gasteiger partial charge in [-0.15, -0.1) is 0 Å². The van der Waals surface area contributed by atoms with Crippen LogP contribution in [0.4, 0.5) is 0 Å². The molecule has 0 aromatic carbocycles. The fourth-order valence-electron chi connectivity index (χ4n) is 7.54. The van der Waals surface area contributed by atoms with Crippen molar-refractivity contribution in [2.45, 2.75) is 117 Å². The highest BCUT2D eigenvalue weighted by atomic mass is 16.7. The maximum absolute atomic E-state index is 12.7. The lowest BCUT2D eigenvalue weighted by atomic mass is 9.99. The van der Waals surface area contributed by atoms with Crippen LogP contribution in [0.5, 0.6) is 0 Å². The van der Waals surface area contributed by atoms with Gasteiger partial charge in [0.1, 0.15) is 85.5 Å². The SMILES string of the molecule is CC(COCCC(=O)NCCOCCOCCO[C@H]1OC(CO)[C@@H](O)C(O)C1O)(COCCC(=O)NCCOCCOCCO[C@H]1OC(CO)[C@@H](O)C(O)C1O)OCC(=O)NCCOCCOCCO[C@H]1OC(CO)[C@@H](O)C(O)C1O. The Hall–Kier alpha value is -2.67. The Bertz CT molecular complexity index is 1570. The molecule has 0 radical (unpaired) electrons. The number of nitrogens with one attached hydrogen (secondary N) is 3. The van der Waals surface area contributed by atoms with Crippen LogP contribution in [-0.4, -0.2) is 348 Å². The number of aliphatic hydroxyl groups excluding tert-OH is 12. The lowest BCUT2D eigenvalue weighted by molar-refractivity contribution is -0.302. The standard InChI is InChI=1S/C48H89N3O30/c1-48(78-27-35(57)51-6-11-69-14-17-72-20-23-77-47-44(66)41(63)38(60)32(26-54)81-47,28-73-7-2-33(55)49-4-9-67-12-15-70-18-21-75-45-42(64)39(61)36(58)30(24-52)79-45)29-74-8-3-34(56)50-5-10-68-13-16-71-19-22-76-46-43(65)40(62)37(59)31(25-53)80-46/h30-32,36-47,52-54,58-66H,2-29H2,1H3,(H,49,55)(H,50,56)(H,51,57)/t30?,31?,32?,36-,37-,38-,39?,40?,41?,42?,43?,44?,45+,46+,47+,48?/m1/s1. The summed E-state index contributed by atoms with van der Waals surface area (Å²) in [6.45, 7) is 1.57. The van der Waals surface area contributed by atoms with Gasteiger partial charge >= 0.3 is 0 Å². The van der Waals surface area contributed by atoms with Crippen molar-refractivity contribution < 1.29 is 147 Å². The van der Waals surface area contributed by atoms with Gasteiger partial charge in [0.25, 0.3) is 0 Å². The fourth-order valence-corrected chi connectivity index (χ4v) is 7.54. The van der Waals surface area contributed by atoms with Gasteiger partial charge in [0.15, 0.2) is 18.9 Å². The third kappa shape index (κ3) is 28.4. The largest absolute Gasteiger partial charge is 0.394 e. The molecule has 3 aliphatic heterocycles. The number of carbonyl (C=O) groups excluding carboxylic acids is 3. The van der Waals surface area contributed by atoms with Crippen molar-refractivity contribution in [3.8, 4) is 0 Å². The van der Waals surface area contributed by atoms with Crippen molar-refractivity contribution in [3.05, 3.63) is 0 Å². The van der Waals surface area contributed by atoms with Crippen LogP contribution in [0.2, 0.25) is 0 Å². The molecule has 476 valence electrons. The summed E-state index contributed by atoms with van der Waals surface area (Å²) >= 11 is 0. The summed E-state index contributed by atoms with van der Waals surface area (Å²) in [5.74, 6) is -1.12. The first-order valence-corrected chi connectivity index (χ1v) is 26.8. The van der Waals surface area contributed by atoms with Gasteiger partial charge in [-0.05, 0) is 6.92 Å². The van der Waals surface area contributed by atoms with Crippen LogP contribution in [0.1, 0.15) is 19.8 Å². The Balaban J connectivity index is 1.27. The number of rotatable bonds is 46. The molecule has 81 heavy (non-hydrogen) atoms. The van der Waals surface area contributed by atoms with Gasteiger partial charge in [0, 0.05) is 32.5 Å². The molecule has 15 atom stereocenters. The number of carbonyl (C=O) groups is 3. The summed E-state index contributed by atoms with van der Waals surface area (Å²) < 4.78 is 81.9. The van der Waals surface area contributed by atoms with Crippen LogP contribution in [0, 0.1) is 0 Å². The van der Waals surface area contributed by atoms with Crippen molar-refractivity contribution in [2.24, 2.45) is 0 Å². The van der Waals surface area contributed by atoms with E-state index in [4.69, 9.17) is 71.1 Å². The Morgan fingerprint density at radius 2 is 0.654 bits per heavy atom. The lowest BCUT2D eigenvalue weighted by Crippen LogP contribution is -2.59. The van der Waals surface area contributed by atoms with E-state index in [1.165, 1.54) is 0 Å². The molecule has 0 saturated carbocycles. The monoisotopic (exact) mass is 1190 g/mol. The van der Waals surface area contributed by atoms with Gasteiger partial charge < -0.3 is 148 Å². The number of hydrogen-bond acceptors (Lipinski definition) is 30. The zero-order chi connectivity index (χ0) is 59.4. The predicted octanol–water partition coefficient (Wildman–Crippen LogP) is -9.53. The topological polar surface area (TPSA) is 469 Å². The number of aliphatic hydroxyl groups is 12. The second-order valence-corrected chi connectivity index (χ2v) is 18.8. The molecule has 0 aromatic rings. The summed E-state index contributed by atoms with van der Waals surface area (Å²) in [6, 6.07) is 0. The van der Waals surface area contributed by atoms with Crippen molar-refractivity contribution >= 4 is 17.7 Å². The molecule has 0 aromatic heterocycles. The maximum Gasteiger partial charge on any atom is 0.246 e. The van der Waals surface area contributed by atoms with Gasteiger partial charge in [-0.2, -0.15) is 0 Å².